The summed E-state index contributed by atoms with van der Waals surface area (Å²) < 4.78 is 1.31. The zero-order valence-corrected chi connectivity index (χ0v) is 12.6. The molecule has 0 aliphatic carbocycles. The van der Waals surface area contributed by atoms with Gasteiger partial charge in [-0.05, 0) is 72.5 Å². The van der Waals surface area contributed by atoms with E-state index in [2.05, 4.69) is 73.1 Å². The predicted molar refractivity (Wildman–Crippen MR) is 79.8 cm³/mol. The maximum absolute atomic E-state index is 3.42. The van der Waals surface area contributed by atoms with E-state index in [1.54, 1.807) is 0 Å². The molecule has 0 fully saturated rings. The lowest BCUT2D eigenvalue weighted by atomic mass is 9.98. The van der Waals surface area contributed by atoms with Gasteiger partial charge in [-0.25, -0.2) is 0 Å². The van der Waals surface area contributed by atoms with Gasteiger partial charge in [-0.1, -0.05) is 26.0 Å². The molecule has 0 saturated carbocycles. The number of likely N-dealkylation sites (N-methyl/N-ethyl adjacent to an activating group) is 1. The molecule has 0 heterocycles. The van der Waals surface area contributed by atoms with Crippen LogP contribution < -0.4 is 5.32 Å². The lowest BCUT2D eigenvalue weighted by molar-refractivity contribution is 0.451. The van der Waals surface area contributed by atoms with E-state index >= 15 is 0 Å². The van der Waals surface area contributed by atoms with Crippen molar-refractivity contribution in [2.75, 3.05) is 7.05 Å². The Morgan fingerprint density at radius 2 is 1.75 bits per heavy atom. The highest BCUT2D eigenvalue weighted by molar-refractivity contribution is 14.1. The third-order valence-corrected chi connectivity index (χ3v) is 3.62. The summed E-state index contributed by atoms with van der Waals surface area (Å²) in [5.41, 5.74) is 1.43. The minimum atomic E-state index is 0.613. The minimum absolute atomic E-state index is 0.613. The van der Waals surface area contributed by atoms with E-state index in [4.69, 9.17) is 0 Å². The number of hydrogen-bond donors (Lipinski definition) is 1. The van der Waals surface area contributed by atoms with Crippen LogP contribution in [0.5, 0.6) is 0 Å². The largest absolute Gasteiger partial charge is 0.317 e. The van der Waals surface area contributed by atoms with E-state index in [1.165, 1.54) is 22.0 Å². The Bertz CT molecular complexity index is 292. The van der Waals surface area contributed by atoms with Crippen LogP contribution in [-0.2, 0) is 6.42 Å². The van der Waals surface area contributed by atoms with Crippen LogP contribution in [0.2, 0.25) is 0 Å². The molecule has 2 heteroatoms. The molecular formula is C14H22IN. The van der Waals surface area contributed by atoms with Crippen LogP contribution >= 0.6 is 22.6 Å². The van der Waals surface area contributed by atoms with Gasteiger partial charge in [0, 0.05) is 9.61 Å². The molecule has 1 N–H and O–H groups in total. The van der Waals surface area contributed by atoms with Crippen molar-refractivity contribution in [3.8, 4) is 0 Å². The Hall–Kier alpha value is -0.0900. The standard InChI is InChI=1S/C14H22IN/c1-11(2)4-9-14(16-3)10-12-5-7-13(15)8-6-12/h5-8,11,14,16H,4,9-10H2,1-3H3. The first-order chi connectivity index (χ1) is 7.61. The maximum Gasteiger partial charge on any atom is 0.0130 e. The van der Waals surface area contributed by atoms with Gasteiger partial charge in [0.25, 0.3) is 0 Å². The average Bonchev–Trinajstić information content (AvgIpc) is 2.26. The molecule has 0 aliphatic heterocycles. The molecule has 0 aliphatic rings. The van der Waals surface area contributed by atoms with Crippen LogP contribution in [0.25, 0.3) is 0 Å². The van der Waals surface area contributed by atoms with Crippen LogP contribution in [0.4, 0.5) is 0 Å². The monoisotopic (exact) mass is 331 g/mol. The van der Waals surface area contributed by atoms with E-state index in [9.17, 15) is 0 Å². The minimum Gasteiger partial charge on any atom is -0.317 e. The Morgan fingerprint density at radius 1 is 1.12 bits per heavy atom. The SMILES string of the molecule is CNC(CCC(C)C)Cc1ccc(I)cc1. The fourth-order valence-corrected chi connectivity index (χ4v) is 2.15. The molecule has 0 amide bonds. The summed E-state index contributed by atoms with van der Waals surface area (Å²) >= 11 is 2.35. The Balaban J connectivity index is 2.46. The van der Waals surface area contributed by atoms with Crippen molar-refractivity contribution in [1.82, 2.24) is 5.32 Å². The molecule has 0 spiro atoms. The van der Waals surface area contributed by atoms with Crippen molar-refractivity contribution in [2.45, 2.75) is 39.2 Å². The van der Waals surface area contributed by atoms with Crippen molar-refractivity contribution in [3.05, 3.63) is 33.4 Å². The second-order valence-corrected chi connectivity index (χ2v) is 6.03. The van der Waals surface area contributed by atoms with Gasteiger partial charge in [-0.15, -0.1) is 0 Å². The van der Waals surface area contributed by atoms with Crippen molar-refractivity contribution in [1.29, 1.82) is 0 Å². The smallest absolute Gasteiger partial charge is 0.0130 e. The molecule has 16 heavy (non-hydrogen) atoms. The van der Waals surface area contributed by atoms with Gasteiger partial charge in [0.15, 0.2) is 0 Å². The number of nitrogens with one attached hydrogen (secondary N) is 1. The number of rotatable bonds is 6. The number of benzene rings is 1. The lowest BCUT2D eigenvalue weighted by Crippen LogP contribution is -2.27. The first-order valence-corrected chi connectivity index (χ1v) is 7.11. The molecular weight excluding hydrogens is 309 g/mol. The molecule has 1 rings (SSSR count). The second kappa shape index (κ2) is 7.28. The third-order valence-electron chi connectivity index (χ3n) is 2.90. The highest BCUT2D eigenvalue weighted by Crippen LogP contribution is 2.13. The van der Waals surface area contributed by atoms with Crippen molar-refractivity contribution < 1.29 is 0 Å². The van der Waals surface area contributed by atoms with Crippen molar-refractivity contribution in [2.24, 2.45) is 5.92 Å². The molecule has 1 aromatic rings. The molecule has 0 aromatic heterocycles. The average molecular weight is 331 g/mol. The van der Waals surface area contributed by atoms with Gasteiger partial charge in [0.2, 0.25) is 0 Å². The second-order valence-electron chi connectivity index (χ2n) is 4.79. The first kappa shape index (κ1) is 14.0. The Morgan fingerprint density at radius 3 is 2.25 bits per heavy atom. The molecule has 0 radical (unpaired) electrons. The normalized spacial score (nSPS) is 13.1. The van der Waals surface area contributed by atoms with Crippen LogP contribution in [-0.4, -0.2) is 13.1 Å². The molecule has 0 bridgehead atoms. The van der Waals surface area contributed by atoms with Crippen LogP contribution in [0, 0.1) is 9.49 Å². The summed E-state index contributed by atoms with van der Waals surface area (Å²) in [5.74, 6) is 0.799. The maximum atomic E-state index is 3.42. The Labute approximate surface area is 113 Å². The molecule has 1 aromatic carbocycles. The first-order valence-electron chi connectivity index (χ1n) is 6.03. The van der Waals surface area contributed by atoms with Gasteiger partial charge < -0.3 is 5.32 Å². The summed E-state index contributed by atoms with van der Waals surface area (Å²) in [6, 6.07) is 9.46. The zero-order chi connectivity index (χ0) is 12.0. The van der Waals surface area contributed by atoms with E-state index in [0.29, 0.717) is 6.04 Å². The van der Waals surface area contributed by atoms with Gasteiger partial charge in [-0.2, -0.15) is 0 Å². The van der Waals surface area contributed by atoms with Crippen LogP contribution in [0.3, 0.4) is 0 Å². The summed E-state index contributed by atoms with van der Waals surface area (Å²) in [7, 11) is 2.07. The molecule has 0 saturated heterocycles. The van der Waals surface area contributed by atoms with Gasteiger partial charge >= 0.3 is 0 Å². The Kier molecular flexibility index (Phi) is 6.36. The fourth-order valence-electron chi connectivity index (χ4n) is 1.79. The van der Waals surface area contributed by atoms with Gasteiger partial charge in [0.05, 0.1) is 0 Å². The van der Waals surface area contributed by atoms with Crippen LogP contribution in [0.15, 0.2) is 24.3 Å². The third kappa shape index (κ3) is 5.30. The number of halogens is 1. The quantitative estimate of drug-likeness (QED) is 0.781. The highest BCUT2D eigenvalue weighted by Gasteiger charge is 2.08. The van der Waals surface area contributed by atoms with Gasteiger partial charge in [-0.3, -0.25) is 0 Å². The molecule has 90 valence electrons. The van der Waals surface area contributed by atoms with Crippen LogP contribution in [0.1, 0.15) is 32.3 Å². The molecule has 1 nitrogen and oxygen atoms in total. The highest BCUT2D eigenvalue weighted by atomic mass is 127. The van der Waals surface area contributed by atoms with Crippen molar-refractivity contribution in [3.63, 3.8) is 0 Å². The van der Waals surface area contributed by atoms with E-state index in [0.717, 1.165) is 12.3 Å². The van der Waals surface area contributed by atoms with E-state index in [-0.39, 0.29) is 0 Å². The zero-order valence-electron chi connectivity index (χ0n) is 10.5. The van der Waals surface area contributed by atoms with Gasteiger partial charge in [0.1, 0.15) is 0 Å². The molecule has 1 unspecified atom stereocenters. The van der Waals surface area contributed by atoms with Crippen molar-refractivity contribution >= 4 is 22.6 Å². The predicted octanol–water partition coefficient (Wildman–Crippen LogP) is 3.86. The topological polar surface area (TPSA) is 12.0 Å². The molecule has 1 atom stereocenters. The van der Waals surface area contributed by atoms with E-state index < -0.39 is 0 Å². The fraction of sp³-hybridized carbons (Fsp3) is 0.571. The summed E-state index contributed by atoms with van der Waals surface area (Å²) in [6.45, 7) is 4.58. The number of hydrogen-bond acceptors (Lipinski definition) is 1. The lowest BCUT2D eigenvalue weighted by Gasteiger charge is -2.17. The van der Waals surface area contributed by atoms with E-state index in [1.807, 2.05) is 0 Å². The summed E-state index contributed by atoms with van der Waals surface area (Å²) in [4.78, 5) is 0. The summed E-state index contributed by atoms with van der Waals surface area (Å²) in [6.07, 6.45) is 3.70. The summed E-state index contributed by atoms with van der Waals surface area (Å²) in [5, 5.41) is 3.42.